The van der Waals surface area contributed by atoms with Gasteiger partial charge < -0.3 is 9.47 Å². The Hall–Kier alpha value is -2.27. The maximum Gasteiger partial charge on any atom is 0.313 e. The van der Waals surface area contributed by atoms with E-state index < -0.39 is 0 Å². The molecular weight excluding hydrogens is 408 g/mol. The van der Waals surface area contributed by atoms with Crippen molar-refractivity contribution < 1.29 is 19.1 Å². The molecule has 0 saturated carbocycles. The average Bonchev–Trinajstić information content (AvgIpc) is 2.70. The molecule has 31 heavy (non-hydrogen) atoms. The molecule has 168 valence electrons. The molecule has 4 nitrogen and oxygen atoms in total. The fourth-order valence-electron chi connectivity index (χ4n) is 3.09. The Morgan fingerprint density at radius 1 is 0.645 bits per heavy atom. The first-order valence-electron chi connectivity index (χ1n) is 10.7. The third-order valence-corrected chi connectivity index (χ3v) is 7.21. The molecule has 0 fully saturated rings. The van der Waals surface area contributed by atoms with Crippen molar-refractivity contribution in [2.45, 2.75) is 79.0 Å². The summed E-state index contributed by atoms with van der Waals surface area (Å²) in [6.07, 6.45) is 0. The van der Waals surface area contributed by atoms with E-state index in [0.29, 0.717) is 11.5 Å². The Morgan fingerprint density at radius 3 is 1.58 bits per heavy atom. The summed E-state index contributed by atoms with van der Waals surface area (Å²) in [5, 5.41) is 0. The Bertz CT molecular complexity index is 1020. The second-order valence-electron chi connectivity index (χ2n) is 8.77. The topological polar surface area (TPSA) is 52.6 Å². The van der Waals surface area contributed by atoms with Crippen LogP contribution in [-0.4, -0.2) is 11.9 Å². The van der Waals surface area contributed by atoms with E-state index in [-0.39, 0.29) is 23.8 Å². The van der Waals surface area contributed by atoms with E-state index in [9.17, 15) is 9.59 Å². The summed E-state index contributed by atoms with van der Waals surface area (Å²) in [7, 11) is 0. The quantitative estimate of drug-likeness (QED) is 0.363. The highest BCUT2D eigenvalue weighted by Crippen LogP contribution is 2.47. The predicted molar refractivity (Wildman–Crippen MR) is 126 cm³/mol. The number of aryl methyl sites for hydroxylation is 2. The predicted octanol–water partition coefficient (Wildman–Crippen LogP) is 6.81. The van der Waals surface area contributed by atoms with Gasteiger partial charge >= 0.3 is 11.9 Å². The number of carbonyl (C=O) groups excluding carboxylic acids is 2. The first kappa shape index (κ1) is 25.0. The van der Waals surface area contributed by atoms with Crippen molar-refractivity contribution in [3.05, 3.63) is 45.5 Å². The lowest BCUT2D eigenvalue weighted by molar-refractivity contribution is -0.140. The van der Waals surface area contributed by atoms with E-state index in [1.54, 1.807) is 39.5 Å². The first-order chi connectivity index (χ1) is 14.4. The summed E-state index contributed by atoms with van der Waals surface area (Å²) < 4.78 is 11.5. The fourth-order valence-corrected chi connectivity index (χ4v) is 4.39. The highest BCUT2D eigenvalue weighted by Gasteiger charge is 2.26. The molecular formula is C26H34O4S. The molecule has 0 aromatic heterocycles. The number of carbonyl (C=O) groups is 2. The van der Waals surface area contributed by atoms with Crippen molar-refractivity contribution >= 4 is 23.7 Å². The summed E-state index contributed by atoms with van der Waals surface area (Å²) in [6.45, 7) is 19.3. The normalized spacial score (nSPS) is 11.2. The van der Waals surface area contributed by atoms with Gasteiger partial charge in [0.25, 0.3) is 0 Å². The fraction of sp³-hybridized carbons (Fsp3) is 0.462. The number of esters is 2. The monoisotopic (exact) mass is 442 g/mol. The smallest absolute Gasteiger partial charge is 0.313 e. The first-order valence-corrected chi connectivity index (χ1v) is 11.5. The van der Waals surface area contributed by atoms with Gasteiger partial charge in [0.1, 0.15) is 0 Å². The minimum Gasteiger partial charge on any atom is -0.422 e. The van der Waals surface area contributed by atoms with Gasteiger partial charge in [-0.15, -0.1) is 0 Å². The molecule has 0 amide bonds. The minimum atomic E-state index is -0.355. The molecule has 0 atom stereocenters. The zero-order valence-electron chi connectivity index (χ0n) is 20.4. The van der Waals surface area contributed by atoms with Crippen LogP contribution in [0.1, 0.15) is 61.1 Å². The SMILES string of the molecule is Cc1ccc(C)c(Sc2c(C)c(C)c(OC(=O)C(C)C)c(OC(=O)C(C)C)c2C)c1C. The molecule has 0 heterocycles. The molecule has 2 rings (SSSR count). The van der Waals surface area contributed by atoms with Crippen LogP contribution in [0.15, 0.2) is 21.9 Å². The summed E-state index contributed by atoms with van der Waals surface area (Å²) in [5.74, 6) is -0.625. The van der Waals surface area contributed by atoms with E-state index in [4.69, 9.17) is 9.47 Å². The molecule has 0 bridgehead atoms. The van der Waals surface area contributed by atoms with E-state index >= 15 is 0 Å². The van der Waals surface area contributed by atoms with Crippen LogP contribution < -0.4 is 9.47 Å². The lowest BCUT2D eigenvalue weighted by Gasteiger charge is -2.23. The van der Waals surface area contributed by atoms with Crippen LogP contribution in [0.2, 0.25) is 0 Å². The lowest BCUT2D eigenvalue weighted by Crippen LogP contribution is -2.20. The molecule has 0 unspecified atom stereocenters. The zero-order chi connectivity index (χ0) is 23.6. The summed E-state index contributed by atoms with van der Waals surface area (Å²) in [4.78, 5) is 27.1. The van der Waals surface area contributed by atoms with E-state index in [2.05, 4.69) is 32.9 Å². The van der Waals surface area contributed by atoms with Gasteiger partial charge in [-0.25, -0.2) is 0 Å². The van der Waals surface area contributed by atoms with Crippen LogP contribution in [-0.2, 0) is 9.59 Å². The molecule has 0 spiro atoms. The van der Waals surface area contributed by atoms with Gasteiger partial charge in [-0.1, -0.05) is 51.6 Å². The van der Waals surface area contributed by atoms with Crippen LogP contribution in [0.3, 0.4) is 0 Å². The molecule has 0 N–H and O–H groups in total. The second kappa shape index (κ2) is 9.90. The van der Waals surface area contributed by atoms with Crippen LogP contribution in [0, 0.1) is 53.4 Å². The van der Waals surface area contributed by atoms with Gasteiger partial charge in [0, 0.05) is 15.4 Å². The van der Waals surface area contributed by atoms with E-state index in [1.807, 2.05) is 20.8 Å². The highest BCUT2D eigenvalue weighted by molar-refractivity contribution is 7.99. The largest absolute Gasteiger partial charge is 0.422 e. The van der Waals surface area contributed by atoms with Crippen molar-refractivity contribution in [2.75, 3.05) is 0 Å². The summed E-state index contributed by atoms with van der Waals surface area (Å²) in [5.41, 5.74) is 6.27. The van der Waals surface area contributed by atoms with Crippen molar-refractivity contribution in [1.82, 2.24) is 0 Å². The van der Waals surface area contributed by atoms with Gasteiger partial charge in [0.15, 0.2) is 11.5 Å². The highest BCUT2D eigenvalue weighted by atomic mass is 32.2. The van der Waals surface area contributed by atoms with Gasteiger partial charge in [-0.2, -0.15) is 0 Å². The number of ether oxygens (including phenoxy) is 2. The Kier molecular flexibility index (Phi) is 7.98. The van der Waals surface area contributed by atoms with E-state index in [0.717, 1.165) is 21.6 Å². The zero-order valence-corrected chi connectivity index (χ0v) is 21.2. The van der Waals surface area contributed by atoms with Crippen LogP contribution >= 0.6 is 11.8 Å². The maximum absolute atomic E-state index is 12.5. The van der Waals surface area contributed by atoms with Crippen LogP contribution in [0.4, 0.5) is 0 Å². The average molecular weight is 443 g/mol. The number of hydrogen-bond acceptors (Lipinski definition) is 5. The molecule has 5 heteroatoms. The van der Waals surface area contributed by atoms with Gasteiger partial charge in [0.2, 0.25) is 0 Å². The standard InChI is InChI=1S/C26H34O4S/c1-13(2)25(27)29-21-18(8)19(9)24(20(10)22(21)30-26(28)14(3)4)31-23-16(6)12-11-15(5)17(23)7/h11-14H,1-10H3. The molecule has 0 aliphatic carbocycles. The Balaban J connectivity index is 2.71. The second-order valence-corrected chi connectivity index (χ2v) is 9.79. The minimum absolute atomic E-state index is 0.291. The van der Waals surface area contributed by atoms with Crippen LogP contribution in [0.5, 0.6) is 11.5 Å². The third-order valence-electron chi connectivity index (χ3n) is 5.56. The van der Waals surface area contributed by atoms with Crippen molar-refractivity contribution in [2.24, 2.45) is 11.8 Å². The maximum atomic E-state index is 12.5. The molecule has 0 radical (unpaired) electrons. The van der Waals surface area contributed by atoms with Gasteiger partial charge in [0.05, 0.1) is 11.8 Å². The van der Waals surface area contributed by atoms with Crippen molar-refractivity contribution in [3.8, 4) is 11.5 Å². The molecule has 0 saturated heterocycles. The van der Waals surface area contributed by atoms with Gasteiger partial charge in [-0.05, 0) is 69.4 Å². The van der Waals surface area contributed by atoms with Gasteiger partial charge in [-0.3, -0.25) is 9.59 Å². The molecule has 2 aromatic rings. The number of rotatable bonds is 6. The lowest BCUT2D eigenvalue weighted by atomic mass is 10.0. The summed E-state index contributed by atoms with van der Waals surface area (Å²) >= 11 is 1.67. The number of benzene rings is 2. The molecule has 2 aromatic carbocycles. The molecule has 0 aliphatic rings. The molecule has 0 aliphatic heterocycles. The summed E-state index contributed by atoms with van der Waals surface area (Å²) in [6, 6.07) is 4.25. The van der Waals surface area contributed by atoms with Crippen LogP contribution in [0.25, 0.3) is 0 Å². The van der Waals surface area contributed by atoms with Crippen molar-refractivity contribution in [1.29, 1.82) is 0 Å². The van der Waals surface area contributed by atoms with Crippen molar-refractivity contribution in [3.63, 3.8) is 0 Å². The third kappa shape index (κ3) is 5.32. The number of hydrogen-bond donors (Lipinski definition) is 0. The Morgan fingerprint density at radius 2 is 1.10 bits per heavy atom. The Labute approximate surface area is 190 Å². The van der Waals surface area contributed by atoms with E-state index in [1.165, 1.54) is 21.6 Å².